The van der Waals surface area contributed by atoms with Crippen LogP contribution in [0.4, 0.5) is 20.4 Å². The van der Waals surface area contributed by atoms with Crippen LogP contribution in [0.2, 0.25) is 0 Å². The lowest BCUT2D eigenvalue weighted by atomic mass is 10.0. The van der Waals surface area contributed by atoms with Gasteiger partial charge in [0.15, 0.2) is 0 Å². The fourth-order valence-corrected chi connectivity index (χ4v) is 3.66. The molecule has 0 aliphatic carbocycles. The summed E-state index contributed by atoms with van der Waals surface area (Å²) >= 11 is 0. The van der Waals surface area contributed by atoms with Gasteiger partial charge in [-0.05, 0) is 42.8 Å². The largest absolute Gasteiger partial charge is 0.433 e. The Morgan fingerprint density at radius 2 is 1.97 bits per heavy atom. The van der Waals surface area contributed by atoms with Crippen molar-refractivity contribution in [3.8, 4) is 22.6 Å². The number of fused-ring (bicyclic) bond motifs is 1. The quantitative estimate of drug-likeness (QED) is 0.299. The van der Waals surface area contributed by atoms with E-state index in [0.29, 0.717) is 58.4 Å². The molecule has 180 valence electrons. The van der Waals surface area contributed by atoms with Crippen LogP contribution in [-0.4, -0.2) is 40.5 Å². The Morgan fingerprint density at radius 1 is 1.23 bits per heavy atom. The van der Waals surface area contributed by atoms with E-state index in [4.69, 9.17) is 5.73 Å². The summed E-state index contributed by atoms with van der Waals surface area (Å²) in [6.07, 6.45) is 1.57. The molecule has 0 aliphatic heterocycles. The minimum Gasteiger partial charge on any atom is -0.433 e. The van der Waals surface area contributed by atoms with E-state index in [1.165, 1.54) is 16.7 Å². The van der Waals surface area contributed by atoms with E-state index in [9.17, 15) is 13.6 Å². The lowest BCUT2D eigenvalue weighted by molar-refractivity contribution is -0.158. The molecule has 0 unspecified atom stereocenters. The number of benzene rings is 2. The Hall–Kier alpha value is -4.34. The second-order valence-electron chi connectivity index (χ2n) is 7.84. The van der Waals surface area contributed by atoms with Crippen LogP contribution in [0.25, 0.3) is 27.7 Å². The van der Waals surface area contributed by atoms with Crippen LogP contribution in [-0.2, 0) is 0 Å². The van der Waals surface area contributed by atoms with Crippen LogP contribution in [0.15, 0.2) is 64.6 Å². The molecular weight excluding hydrogens is 454 g/mol. The first-order chi connectivity index (χ1) is 16.7. The maximum Gasteiger partial charge on any atom is 0.394 e. The fourth-order valence-electron chi connectivity index (χ4n) is 3.66. The molecule has 35 heavy (non-hydrogen) atoms. The standard InChI is InChI=1S/C25H24F2N6O2/c1-4-30-24-31-13-17-14-33(18-7-10-20(28)16(11-18)12-29-3)23(34)21(22(17)32-24)15-5-8-19(9-6-15)35-25(2,26)27/h5-14H,4,28H2,1-3H3,(H,30,32). The zero-order valence-corrected chi connectivity index (χ0v) is 19.4. The summed E-state index contributed by atoms with van der Waals surface area (Å²) in [5.41, 5.74) is 8.66. The second-order valence-corrected chi connectivity index (χ2v) is 7.84. The predicted octanol–water partition coefficient (Wildman–Crippen LogP) is 4.50. The molecule has 0 saturated carbocycles. The number of nitrogens with two attached hydrogens (primary N) is 1. The third kappa shape index (κ3) is 5.11. The molecule has 3 N–H and O–H groups in total. The zero-order chi connectivity index (χ0) is 25.2. The van der Waals surface area contributed by atoms with Gasteiger partial charge in [0, 0.05) is 61.4 Å². The van der Waals surface area contributed by atoms with Gasteiger partial charge in [0.25, 0.3) is 5.56 Å². The molecule has 0 atom stereocenters. The topological polar surface area (TPSA) is 107 Å². The highest BCUT2D eigenvalue weighted by Gasteiger charge is 2.23. The number of nitrogens with one attached hydrogen (secondary N) is 1. The van der Waals surface area contributed by atoms with Crippen molar-refractivity contribution < 1.29 is 13.5 Å². The zero-order valence-electron chi connectivity index (χ0n) is 19.4. The molecule has 2 aromatic heterocycles. The van der Waals surface area contributed by atoms with Crippen molar-refractivity contribution in [3.05, 3.63) is 70.8 Å². The average molecular weight is 479 g/mol. The summed E-state index contributed by atoms with van der Waals surface area (Å²) in [6, 6.07) is 11.1. The van der Waals surface area contributed by atoms with Crippen LogP contribution in [0.5, 0.6) is 5.75 Å². The third-order valence-corrected chi connectivity index (χ3v) is 5.15. The number of nitrogen functional groups attached to an aromatic ring is 1. The number of pyridine rings is 1. The SMILES string of the molecule is CCNc1ncc2cn(-c3ccc(N)c(C=NC)c3)c(=O)c(-c3ccc(OC(C)(F)F)cc3)c2n1. The summed E-state index contributed by atoms with van der Waals surface area (Å²) < 4.78 is 32.6. The van der Waals surface area contributed by atoms with E-state index >= 15 is 0 Å². The Balaban J connectivity index is 1.95. The predicted molar refractivity (Wildman–Crippen MR) is 134 cm³/mol. The van der Waals surface area contributed by atoms with Gasteiger partial charge in [-0.1, -0.05) is 12.1 Å². The van der Waals surface area contributed by atoms with E-state index in [1.54, 1.807) is 56.0 Å². The molecule has 0 saturated heterocycles. The van der Waals surface area contributed by atoms with Gasteiger partial charge in [0.05, 0.1) is 11.1 Å². The van der Waals surface area contributed by atoms with Gasteiger partial charge in [-0.15, -0.1) is 0 Å². The van der Waals surface area contributed by atoms with Crippen LogP contribution >= 0.6 is 0 Å². The highest BCUT2D eigenvalue weighted by atomic mass is 19.3. The molecule has 0 fully saturated rings. The van der Waals surface area contributed by atoms with Crippen molar-refractivity contribution in [1.82, 2.24) is 14.5 Å². The number of hydrogen-bond acceptors (Lipinski definition) is 7. The number of aromatic nitrogens is 3. The van der Waals surface area contributed by atoms with Crippen molar-refractivity contribution in [1.29, 1.82) is 0 Å². The third-order valence-electron chi connectivity index (χ3n) is 5.15. The average Bonchev–Trinajstić information content (AvgIpc) is 2.80. The second kappa shape index (κ2) is 9.49. The lowest BCUT2D eigenvalue weighted by Crippen LogP contribution is -2.21. The normalized spacial score (nSPS) is 11.8. The highest BCUT2D eigenvalue weighted by Crippen LogP contribution is 2.29. The molecule has 4 rings (SSSR count). The first-order valence-electron chi connectivity index (χ1n) is 10.9. The number of hydrogen-bond donors (Lipinski definition) is 2. The summed E-state index contributed by atoms with van der Waals surface area (Å²) in [5.74, 6) is 0.352. The Labute approximate surface area is 200 Å². The van der Waals surface area contributed by atoms with Crippen molar-refractivity contribution in [2.75, 3.05) is 24.6 Å². The van der Waals surface area contributed by atoms with Gasteiger partial charge in [0.2, 0.25) is 5.95 Å². The molecule has 0 aliphatic rings. The number of nitrogens with zero attached hydrogens (tertiary/aromatic N) is 4. The summed E-state index contributed by atoms with van der Waals surface area (Å²) in [4.78, 5) is 26.7. The van der Waals surface area contributed by atoms with Crippen molar-refractivity contribution in [2.24, 2.45) is 4.99 Å². The van der Waals surface area contributed by atoms with E-state index in [-0.39, 0.29) is 11.3 Å². The molecular formula is C25H24F2N6O2. The smallest absolute Gasteiger partial charge is 0.394 e. The molecule has 0 spiro atoms. The summed E-state index contributed by atoms with van der Waals surface area (Å²) in [7, 11) is 1.63. The number of aliphatic imine (C=N–C) groups is 1. The van der Waals surface area contributed by atoms with Crippen molar-refractivity contribution in [3.63, 3.8) is 0 Å². The molecule has 0 bridgehead atoms. The molecule has 2 aromatic carbocycles. The van der Waals surface area contributed by atoms with E-state index in [1.807, 2.05) is 6.92 Å². The first kappa shape index (κ1) is 23.8. The van der Waals surface area contributed by atoms with Crippen LogP contribution in [0, 0.1) is 0 Å². The van der Waals surface area contributed by atoms with Crippen molar-refractivity contribution >= 4 is 28.8 Å². The monoisotopic (exact) mass is 478 g/mol. The van der Waals surface area contributed by atoms with Crippen LogP contribution in [0.3, 0.4) is 0 Å². The van der Waals surface area contributed by atoms with E-state index < -0.39 is 6.11 Å². The number of rotatable bonds is 7. The molecule has 4 aromatic rings. The van der Waals surface area contributed by atoms with E-state index in [0.717, 1.165) is 0 Å². The van der Waals surface area contributed by atoms with Gasteiger partial charge >= 0.3 is 6.11 Å². The van der Waals surface area contributed by atoms with Gasteiger partial charge in [-0.3, -0.25) is 14.4 Å². The Bertz CT molecular complexity index is 1460. The number of ether oxygens (including phenoxy) is 1. The Morgan fingerprint density at radius 3 is 2.63 bits per heavy atom. The molecule has 2 heterocycles. The van der Waals surface area contributed by atoms with Crippen molar-refractivity contribution in [2.45, 2.75) is 20.0 Å². The van der Waals surface area contributed by atoms with E-state index in [2.05, 4.69) is 25.0 Å². The minimum atomic E-state index is -3.32. The Kier molecular flexibility index (Phi) is 6.46. The number of alkyl halides is 2. The van der Waals surface area contributed by atoms with Crippen LogP contribution < -0.4 is 21.3 Å². The van der Waals surface area contributed by atoms with Gasteiger partial charge in [-0.2, -0.15) is 8.78 Å². The minimum absolute atomic E-state index is 0.0215. The highest BCUT2D eigenvalue weighted by molar-refractivity contribution is 5.93. The molecule has 10 heteroatoms. The number of anilines is 2. The summed E-state index contributed by atoms with van der Waals surface area (Å²) in [6.45, 7) is 3.17. The maximum absolute atomic E-state index is 13.8. The molecule has 8 nitrogen and oxygen atoms in total. The first-order valence-corrected chi connectivity index (χ1v) is 10.9. The van der Waals surface area contributed by atoms with Crippen LogP contribution in [0.1, 0.15) is 19.4 Å². The number of halogens is 2. The maximum atomic E-state index is 13.8. The fraction of sp³-hybridized carbons (Fsp3) is 0.200. The van der Waals surface area contributed by atoms with Gasteiger partial charge in [0.1, 0.15) is 5.75 Å². The van der Waals surface area contributed by atoms with Gasteiger partial charge in [-0.25, -0.2) is 9.97 Å². The summed E-state index contributed by atoms with van der Waals surface area (Å²) in [5, 5.41) is 3.66. The molecule has 0 radical (unpaired) electrons. The van der Waals surface area contributed by atoms with Gasteiger partial charge < -0.3 is 15.8 Å². The molecule has 0 amide bonds. The lowest BCUT2D eigenvalue weighted by Gasteiger charge is -2.15.